The number of rotatable bonds is 3. The van der Waals surface area contributed by atoms with Gasteiger partial charge in [-0.25, -0.2) is 5.43 Å². The number of benzene rings is 1. The van der Waals surface area contributed by atoms with Crippen LogP contribution in [0, 0.1) is 0 Å². The molecule has 0 aliphatic rings. The Balaban J connectivity index is 2.40. The van der Waals surface area contributed by atoms with Crippen LogP contribution in [0.4, 0.5) is 0 Å². The molecule has 0 aliphatic heterocycles. The maximum atomic E-state index is 5.63. The topological polar surface area (TPSA) is 38.0 Å². The van der Waals surface area contributed by atoms with E-state index in [0.717, 1.165) is 18.7 Å². The van der Waals surface area contributed by atoms with Gasteiger partial charge in [0, 0.05) is 5.56 Å². The monoisotopic (exact) mass is 360 g/mol. The summed E-state index contributed by atoms with van der Waals surface area (Å²) in [5.74, 6) is 5.63. The molecule has 2 aromatic rings. The molecule has 5 heteroatoms. The Hall–Kier alpha value is -0.200. The summed E-state index contributed by atoms with van der Waals surface area (Å²) in [5.41, 5.74) is 5.14. The van der Waals surface area contributed by atoms with Gasteiger partial charge < -0.3 is 0 Å². The summed E-state index contributed by atoms with van der Waals surface area (Å²) in [6.07, 6.45) is 0. The van der Waals surface area contributed by atoms with E-state index in [0.29, 0.717) is 0 Å². The fourth-order valence-electron chi connectivity index (χ4n) is 1.56. The zero-order chi connectivity index (χ0) is 11.5. The highest BCUT2D eigenvalue weighted by atomic mass is 79.9. The highest BCUT2D eigenvalue weighted by Gasteiger charge is 2.17. The molecule has 3 N–H and O–H groups in total. The Morgan fingerprint density at radius 2 is 1.88 bits per heavy atom. The molecule has 0 saturated heterocycles. The lowest BCUT2D eigenvalue weighted by Crippen LogP contribution is -2.28. The van der Waals surface area contributed by atoms with Crippen molar-refractivity contribution in [1.29, 1.82) is 0 Å². The van der Waals surface area contributed by atoms with Crippen LogP contribution in [0.1, 0.15) is 17.2 Å². The van der Waals surface area contributed by atoms with Crippen molar-refractivity contribution in [1.82, 2.24) is 5.43 Å². The molecule has 1 aromatic heterocycles. The lowest BCUT2D eigenvalue weighted by atomic mass is 10.0. The van der Waals surface area contributed by atoms with E-state index in [1.807, 2.05) is 18.2 Å². The normalized spacial score (nSPS) is 12.7. The van der Waals surface area contributed by atoms with Crippen molar-refractivity contribution in [3.05, 3.63) is 55.1 Å². The third-order valence-corrected chi connectivity index (χ3v) is 4.68. The van der Waals surface area contributed by atoms with Crippen LogP contribution in [0.2, 0.25) is 0 Å². The first-order chi connectivity index (χ1) is 7.72. The van der Waals surface area contributed by atoms with Crippen molar-refractivity contribution in [3.8, 4) is 0 Å². The molecule has 0 spiro atoms. The molecule has 2 nitrogen and oxygen atoms in total. The van der Waals surface area contributed by atoms with E-state index in [1.165, 1.54) is 0 Å². The molecule has 1 heterocycles. The third kappa shape index (κ3) is 2.55. The van der Waals surface area contributed by atoms with Crippen molar-refractivity contribution in [2.75, 3.05) is 0 Å². The van der Waals surface area contributed by atoms with Crippen molar-refractivity contribution in [2.45, 2.75) is 6.04 Å². The first kappa shape index (κ1) is 12.3. The standard InChI is InChI=1S/C11H10Br2N2S/c12-9-6-8(11(13)16-9)10(15-14)7-4-2-1-3-5-7/h1-6,10,15H,14H2. The van der Waals surface area contributed by atoms with Crippen LogP contribution in [-0.4, -0.2) is 0 Å². The fourth-order valence-corrected chi connectivity index (χ4v) is 4.46. The van der Waals surface area contributed by atoms with Gasteiger partial charge in [0.25, 0.3) is 0 Å². The molecule has 1 atom stereocenters. The molecule has 1 aromatic carbocycles. The summed E-state index contributed by atoms with van der Waals surface area (Å²) in [5, 5.41) is 0. The second kappa shape index (κ2) is 5.42. The van der Waals surface area contributed by atoms with Gasteiger partial charge in [-0.2, -0.15) is 0 Å². The SMILES string of the molecule is NNC(c1ccccc1)c1cc(Br)sc1Br. The molecular weight excluding hydrogens is 352 g/mol. The second-order valence-corrected chi connectivity index (χ2v) is 7.04. The van der Waals surface area contributed by atoms with Gasteiger partial charge in [0.1, 0.15) is 0 Å². The van der Waals surface area contributed by atoms with E-state index in [4.69, 9.17) is 5.84 Å². The molecule has 0 aliphatic carbocycles. The first-order valence-electron chi connectivity index (χ1n) is 4.68. The van der Waals surface area contributed by atoms with Crippen LogP contribution in [0.3, 0.4) is 0 Å². The summed E-state index contributed by atoms with van der Waals surface area (Å²) in [6.45, 7) is 0. The Morgan fingerprint density at radius 1 is 1.19 bits per heavy atom. The summed E-state index contributed by atoms with van der Waals surface area (Å²) in [6, 6.07) is 12.2. The molecule has 0 amide bonds. The van der Waals surface area contributed by atoms with Gasteiger partial charge >= 0.3 is 0 Å². The van der Waals surface area contributed by atoms with Crippen molar-refractivity contribution >= 4 is 43.2 Å². The number of hydrogen-bond donors (Lipinski definition) is 2. The van der Waals surface area contributed by atoms with E-state index < -0.39 is 0 Å². The summed E-state index contributed by atoms with van der Waals surface area (Å²) in [7, 11) is 0. The molecule has 2 rings (SSSR count). The van der Waals surface area contributed by atoms with Gasteiger partial charge in [0.15, 0.2) is 0 Å². The summed E-state index contributed by atoms with van der Waals surface area (Å²) >= 11 is 8.67. The zero-order valence-corrected chi connectivity index (χ0v) is 12.3. The number of halogens is 2. The minimum Gasteiger partial charge on any atom is -0.271 e. The van der Waals surface area contributed by atoms with Crippen LogP contribution in [0.15, 0.2) is 44.0 Å². The fraction of sp³-hybridized carbons (Fsp3) is 0.0909. The molecule has 1 unspecified atom stereocenters. The first-order valence-corrected chi connectivity index (χ1v) is 7.08. The predicted molar refractivity (Wildman–Crippen MR) is 75.3 cm³/mol. The van der Waals surface area contributed by atoms with Crippen LogP contribution in [0.5, 0.6) is 0 Å². The maximum absolute atomic E-state index is 5.63. The van der Waals surface area contributed by atoms with E-state index in [9.17, 15) is 0 Å². The minimum atomic E-state index is 0.0122. The Bertz CT molecular complexity index is 470. The summed E-state index contributed by atoms with van der Waals surface area (Å²) < 4.78 is 2.18. The number of hydrogen-bond acceptors (Lipinski definition) is 3. The second-order valence-electron chi connectivity index (χ2n) is 3.29. The van der Waals surface area contributed by atoms with Gasteiger partial charge in [-0.15, -0.1) is 11.3 Å². The summed E-state index contributed by atoms with van der Waals surface area (Å²) in [4.78, 5) is 0. The molecular formula is C11H10Br2N2S. The third-order valence-electron chi connectivity index (χ3n) is 2.29. The van der Waals surface area contributed by atoms with Gasteiger partial charge in [0.2, 0.25) is 0 Å². The highest BCUT2D eigenvalue weighted by Crippen LogP contribution is 2.37. The van der Waals surface area contributed by atoms with Crippen LogP contribution in [-0.2, 0) is 0 Å². The van der Waals surface area contributed by atoms with Gasteiger partial charge in [-0.05, 0) is 43.5 Å². The van der Waals surface area contributed by atoms with Crippen LogP contribution >= 0.6 is 43.2 Å². The number of nitrogens with one attached hydrogen (secondary N) is 1. The smallest absolute Gasteiger partial charge is 0.0762 e. The van der Waals surface area contributed by atoms with E-state index >= 15 is 0 Å². The van der Waals surface area contributed by atoms with Crippen molar-refractivity contribution in [2.24, 2.45) is 5.84 Å². The average molecular weight is 362 g/mol. The quantitative estimate of drug-likeness (QED) is 0.644. The van der Waals surface area contributed by atoms with Crippen molar-refractivity contribution in [3.63, 3.8) is 0 Å². The molecule has 0 radical (unpaired) electrons. The maximum Gasteiger partial charge on any atom is 0.0762 e. The van der Waals surface area contributed by atoms with Gasteiger partial charge in [0.05, 0.1) is 13.6 Å². The molecule has 0 bridgehead atoms. The largest absolute Gasteiger partial charge is 0.271 e. The van der Waals surface area contributed by atoms with Crippen LogP contribution < -0.4 is 11.3 Å². The van der Waals surface area contributed by atoms with E-state index in [1.54, 1.807) is 11.3 Å². The predicted octanol–water partition coefficient (Wildman–Crippen LogP) is 3.83. The van der Waals surface area contributed by atoms with E-state index in [-0.39, 0.29) is 6.04 Å². The molecule has 84 valence electrons. The Kier molecular flexibility index (Phi) is 4.16. The number of nitrogens with two attached hydrogens (primary N) is 1. The Labute approximate surface area is 115 Å². The number of hydrazine groups is 1. The minimum absolute atomic E-state index is 0.0122. The zero-order valence-electron chi connectivity index (χ0n) is 8.28. The van der Waals surface area contributed by atoms with Crippen molar-refractivity contribution < 1.29 is 0 Å². The average Bonchev–Trinajstić information content (AvgIpc) is 2.61. The van der Waals surface area contributed by atoms with Crippen LogP contribution in [0.25, 0.3) is 0 Å². The highest BCUT2D eigenvalue weighted by molar-refractivity contribution is 9.12. The molecule has 0 fully saturated rings. The molecule has 0 saturated carbocycles. The Morgan fingerprint density at radius 3 is 2.38 bits per heavy atom. The molecule has 16 heavy (non-hydrogen) atoms. The number of thiophene rings is 1. The lowest BCUT2D eigenvalue weighted by molar-refractivity contribution is 0.637. The van der Waals surface area contributed by atoms with E-state index in [2.05, 4.69) is 55.5 Å². The lowest BCUT2D eigenvalue weighted by Gasteiger charge is -2.15. The van der Waals surface area contributed by atoms with Gasteiger partial charge in [-0.3, -0.25) is 5.84 Å². The van der Waals surface area contributed by atoms with Gasteiger partial charge in [-0.1, -0.05) is 30.3 Å².